The maximum Gasteiger partial charge on any atom is 0.196 e. The van der Waals surface area contributed by atoms with E-state index >= 15 is 0 Å². The molecule has 17 heavy (non-hydrogen) atoms. The summed E-state index contributed by atoms with van der Waals surface area (Å²) in [6.07, 6.45) is 1.73. The Morgan fingerprint density at radius 1 is 1.18 bits per heavy atom. The van der Waals surface area contributed by atoms with Crippen LogP contribution in [0.2, 0.25) is 0 Å². The van der Waals surface area contributed by atoms with E-state index in [4.69, 9.17) is 0 Å². The molecule has 1 aromatic carbocycles. The highest BCUT2D eigenvalue weighted by Crippen LogP contribution is 2.19. The number of benzene rings is 1. The lowest BCUT2D eigenvalue weighted by Crippen LogP contribution is -2.05. The molecule has 1 heterocycles. The van der Waals surface area contributed by atoms with Crippen molar-refractivity contribution < 1.29 is 13.2 Å². The Morgan fingerprint density at radius 3 is 2.59 bits per heavy atom. The lowest BCUT2D eigenvalue weighted by atomic mass is 10.2. The first-order valence-corrected chi connectivity index (χ1v) is 4.94. The van der Waals surface area contributed by atoms with Crippen LogP contribution in [0.1, 0.15) is 5.69 Å². The summed E-state index contributed by atoms with van der Waals surface area (Å²) < 4.78 is 40.4. The van der Waals surface area contributed by atoms with E-state index in [-0.39, 0.29) is 12.2 Å². The summed E-state index contributed by atoms with van der Waals surface area (Å²) in [6.45, 7) is 0.239. The standard InChI is InChI=1S/C11H10F3N3/c1-17-5-4-7(16-17)6-15-9-3-2-8(12)10(13)11(9)14/h2-5,15H,6H2,1H3. The van der Waals surface area contributed by atoms with E-state index in [0.717, 1.165) is 12.1 Å². The van der Waals surface area contributed by atoms with Crippen LogP contribution in [-0.4, -0.2) is 9.78 Å². The van der Waals surface area contributed by atoms with Crippen molar-refractivity contribution in [3.8, 4) is 0 Å². The summed E-state index contributed by atoms with van der Waals surface area (Å²) in [5, 5.41) is 6.71. The monoisotopic (exact) mass is 241 g/mol. The number of rotatable bonds is 3. The zero-order valence-corrected chi connectivity index (χ0v) is 9.04. The zero-order valence-electron chi connectivity index (χ0n) is 9.04. The number of hydrogen-bond acceptors (Lipinski definition) is 2. The Bertz CT molecular complexity index is 537. The van der Waals surface area contributed by atoms with E-state index in [2.05, 4.69) is 10.4 Å². The normalized spacial score (nSPS) is 10.6. The van der Waals surface area contributed by atoms with E-state index in [0.29, 0.717) is 5.69 Å². The average Bonchev–Trinajstić information content (AvgIpc) is 2.71. The average molecular weight is 241 g/mol. The third-order valence-electron chi connectivity index (χ3n) is 2.26. The van der Waals surface area contributed by atoms with Gasteiger partial charge in [-0.05, 0) is 18.2 Å². The van der Waals surface area contributed by atoms with E-state index < -0.39 is 17.5 Å². The molecule has 0 saturated carbocycles. The molecule has 3 nitrogen and oxygen atoms in total. The van der Waals surface area contributed by atoms with Crippen LogP contribution in [0.5, 0.6) is 0 Å². The predicted molar refractivity (Wildman–Crippen MR) is 56.9 cm³/mol. The highest BCUT2D eigenvalue weighted by atomic mass is 19.2. The van der Waals surface area contributed by atoms with Crippen molar-refractivity contribution in [1.82, 2.24) is 9.78 Å². The highest BCUT2D eigenvalue weighted by molar-refractivity contribution is 5.45. The molecule has 0 radical (unpaired) electrons. The fraction of sp³-hybridized carbons (Fsp3) is 0.182. The molecule has 0 spiro atoms. The molecule has 1 N–H and O–H groups in total. The van der Waals surface area contributed by atoms with Crippen molar-refractivity contribution in [2.24, 2.45) is 7.05 Å². The van der Waals surface area contributed by atoms with Gasteiger partial charge in [0.15, 0.2) is 17.5 Å². The molecule has 0 aliphatic heterocycles. The van der Waals surface area contributed by atoms with E-state index in [1.165, 1.54) is 0 Å². The molecule has 0 saturated heterocycles. The molecular weight excluding hydrogens is 231 g/mol. The molecule has 0 fully saturated rings. The zero-order chi connectivity index (χ0) is 12.4. The number of nitrogens with zero attached hydrogens (tertiary/aromatic N) is 2. The fourth-order valence-electron chi connectivity index (χ4n) is 1.41. The summed E-state index contributed by atoms with van der Waals surface area (Å²) in [5.41, 5.74) is 0.589. The van der Waals surface area contributed by atoms with E-state index in [1.54, 1.807) is 24.0 Å². The summed E-state index contributed by atoms with van der Waals surface area (Å²) >= 11 is 0. The van der Waals surface area contributed by atoms with Gasteiger partial charge in [-0.25, -0.2) is 13.2 Å². The lowest BCUT2D eigenvalue weighted by Gasteiger charge is -2.06. The first-order valence-electron chi connectivity index (χ1n) is 4.94. The van der Waals surface area contributed by atoms with Crippen molar-refractivity contribution in [3.63, 3.8) is 0 Å². The van der Waals surface area contributed by atoms with Gasteiger partial charge in [0, 0.05) is 13.2 Å². The maximum absolute atomic E-state index is 13.3. The van der Waals surface area contributed by atoms with Crippen LogP contribution in [0.15, 0.2) is 24.4 Å². The Balaban J connectivity index is 2.12. The summed E-state index contributed by atoms with van der Waals surface area (Å²) in [5.74, 6) is -3.90. The van der Waals surface area contributed by atoms with Crippen LogP contribution in [0.4, 0.5) is 18.9 Å². The quantitative estimate of drug-likeness (QED) is 0.836. The molecule has 6 heteroatoms. The summed E-state index contributed by atoms with van der Waals surface area (Å²) in [6, 6.07) is 3.76. The van der Waals surface area contributed by atoms with Crippen LogP contribution < -0.4 is 5.32 Å². The van der Waals surface area contributed by atoms with Gasteiger partial charge in [-0.1, -0.05) is 0 Å². The second kappa shape index (κ2) is 4.48. The number of halogens is 3. The van der Waals surface area contributed by atoms with Crippen LogP contribution in [-0.2, 0) is 13.6 Å². The molecule has 0 aliphatic rings. The topological polar surface area (TPSA) is 29.9 Å². The molecular formula is C11H10F3N3. The minimum Gasteiger partial charge on any atom is -0.377 e. The third-order valence-corrected chi connectivity index (χ3v) is 2.26. The Kier molecular flexibility index (Phi) is 3.03. The molecule has 0 amide bonds. The number of nitrogens with one attached hydrogen (secondary N) is 1. The Hall–Kier alpha value is -1.98. The van der Waals surface area contributed by atoms with Crippen molar-refractivity contribution in [1.29, 1.82) is 0 Å². The maximum atomic E-state index is 13.3. The minimum atomic E-state index is -1.48. The Labute approximate surface area is 95.9 Å². The smallest absolute Gasteiger partial charge is 0.196 e. The molecule has 0 bridgehead atoms. The largest absolute Gasteiger partial charge is 0.377 e. The van der Waals surface area contributed by atoms with Gasteiger partial charge in [0.25, 0.3) is 0 Å². The van der Waals surface area contributed by atoms with Gasteiger partial charge in [0.05, 0.1) is 17.9 Å². The van der Waals surface area contributed by atoms with Gasteiger partial charge in [-0.15, -0.1) is 0 Å². The molecule has 2 rings (SSSR count). The first kappa shape index (κ1) is 11.5. The number of aromatic nitrogens is 2. The van der Waals surface area contributed by atoms with Crippen LogP contribution in [0.25, 0.3) is 0 Å². The van der Waals surface area contributed by atoms with Crippen molar-refractivity contribution >= 4 is 5.69 Å². The molecule has 1 aromatic heterocycles. The highest BCUT2D eigenvalue weighted by Gasteiger charge is 2.13. The summed E-state index contributed by atoms with van der Waals surface area (Å²) in [4.78, 5) is 0. The van der Waals surface area contributed by atoms with Gasteiger partial charge in [-0.3, -0.25) is 4.68 Å². The molecule has 90 valence electrons. The van der Waals surface area contributed by atoms with Crippen molar-refractivity contribution in [3.05, 3.63) is 47.5 Å². The van der Waals surface area contributed by atoms with Gasteiger partial charge in [0.2, 0.25) is 0 Å². The van der Waals surface area contributed by atoms with Gasteiger partial charge < -0.3 is 5.32 Å². The SMILES string of the molecule is Cn1ccc(CNc2ccc(F)c(F)c2F)n1. The van der Waals surface area contributed by atoms with Gasteiger partial charge >= 0.3 is 0 Å². The second-order valence-electron chi connectivity index (χ2n) is 3.56. The molecule has 0 unspecified atom stereocenters. The van der Waals surface area contributed by atoms with Gasteiger partial charge in [0.1, 0.15) is 0 Å². The number of anilines is 1. The minimum absolute atomic E-state index is 0.0884. The second-order valence-corrected chi connectivity index (χ2v) is 3.56. The van der Waals surface area contributed by atoms with E-state index in [1.807, 2.05) is 0 Å². The lowest BCUT2D eigenvalue weighted by molar-refractivity contribution is 0.449. The first-order chi connectivity index (χ1) is 8.08. The molecule has 0 aliphatic carbocycles. The Morgan fingerprint density at radius 2 is 1.94 bits per heavy atom. The number of aryl methyl sites for hydroxylation is 1. The molecule has 0 atom stereocenters. The predicted octanol–water partition coefficient (Wildman–Crippen LogP) is 2.45. The van der Waals surface area contributed by atoms with Crippen LogP contribution in [0.3, 0.4) is 0 Å². The van der Waals surface area contributed by atoms with Gasteiger partial charge in [-0.2, -0.15) is 5.10 Å². The van der Waals surface area contributed by atoms with Crippen LogP contribution >= 0.6 is 0 Å². The molecule has 2 aromatic rings. The number of hydrogen-bond donors (Lipinski definition) is 1. The van der Waals surface area contributed by atoms with E-state index in [9.17, 15) is 13.2 Å². The summed E-state index contributed by atoms with van der Waals surface area (Å²) in [7, 11) is 1.75. The van der Waals surface area contributed by atoms with Crippen molar-refractivity contribution in [2.75, 3.05) is 5.32 Å². The fourth-order valence-corrected chi connectivity index (χ4v) is 1.41. The van der Waals surface area contributed by atoms with Crippen LogP contribution in [0, 0.1) is 17.5 Å². The van der Waals surface area contributed by atoms with Crippen molar-refractivity contribution in [2.45, 2.75) is 6.54 Å². The third kappa shape index (κ3) is 2.41.